The van der Waals surface area contributed by atoms with Gasteiger partial charge in [0, 0.05) is 31.2 Å². The molecule has 0 radical (unpaired) electrons. The predicted molar refractivity (Wildman–Crippen MR) is 76.7 cm³/mol. The molecule has 2 atom stereocenters. The minimum Gasteiger partial charge on any atom is -0.309 e. The van der Waals surface area contributed by atoms with Gasteiger partial charge in [0.2, 0.25) is 0 Å². The first-order valence-electron chi connectivity index (χ1n) is 7.98. The first kappa shape index (κ1) is 12.9. The van der Waals surface area contributed by atoms with Crippen LogP contribution in [0.1, 0.15) is 59.3 Å². The van der Waals surface area contributed by atoms with Gasteiger partial charge in [0.15, 0.2) is 0 Å². The highest BCUT2D eigenvalue weighted by atomic mass is 15.2. The Morgan fingerprint density at radius 1 is 1.11 bits per heavy atom. The molecule has 2 aliphatic carbocycles. The highest BCUT2D eigenvalue weighted by Gasteiger charge is 2.45. The summed E-state index contributed by atoms with van der Waals surface area (Å²) in [6.45, 7) is 11.1. The number of nitrogens with one attached hydrogen (secondary N) is 1. The lowest BCUT2D eigenvalue weighted by molar-refractivity contribution is 0.0417. The van der Waals surface area contributed by atoms with Gasteiger partial charge in [0.25, 0.3) is 0 Å². The van der Waals surface area contributed by atoms with Crippen molar-refractivity contribution in [3.8, 4) is 0 Å². The van der Waals surface area contributed by atoms with E-state index in [0.717, 1.165) is 12.0 Å². The molecule has 1 heterocycles. The van der Waals surface area contributed by atoms with E-state index < -0.39 is 0 Å². The van der Waals surface area contributed by atoms with Crippen molar-refractivity contribution >= 4 is 0 Å². The van der Waals surface area contributed by atoms with Crippen molar-refractivity contribution in [1.29, 1.82) is 0 Å². The maximum atomic E-state index is 3.81. The van der Waals surface area contributed by atoms with Crippen LogP contribution in [-0.2, 0) is 0 Å². The molecule has 2 unspecified atom stereocenters. The fraction of sp³-hybridized carbons (Fsp3) is 1.00. The van der Waals surface area contributed by atoms with Gasteiger partial charge in [-0.3, -0.25) is 4.90 Å². The second-order valence-electron chi connectivity index (χ2n) is 8.00. The number of rotatable bonds is 2. The summed E-state index contributed by atoms with van der Waals surface area (Å²) >= 11 is 0. The minimum atomic E-state index is 0.417. The Morgan fingerprint density at radius 3 is 2.56 bits per heavy atom. The van der Waals surface area contributed by atoms with Gasteiger partial charge in [-0.1, -0.05) is 20.3 Å². The van der Waals surface area contributed by atoms with E-state index in [1.807, 2.05) is 0 Å². The molecule has 2 heteroatoms. The first-order valence-corrected chi connectivity index (χ1v) is 7.98. The molecule has 3 fully saturated rings. The van der Waals surface area contributed by atoms with Crippen molar-refractivity contribution in [3.63, 3.8) is 0 Å². The third-order valence-electron chi connectivity index (χ3n) is 5.63. The Morgan fingerprint density at radius 2 is 1.89 bits per heavy atom. The Balaban J connectivity index is 1.64. The van der Waals surface area contributed by atoms with Gasteiger partial charge in [-0.15, -0.1) is 0 Å². The quantitative estimate of drug-likeness (QED) is 0.810. The zero-order valence-corrected chi connectivity index (χ0v) is 12.5. The molecule has 2 nitrogen and oxygen atoms in total. The van der Waals surface area contributed by atoms with Crippen LogP contribution in [0.15, 0.2) is 0 Å². The summed E-state index contributed by atoms with van der Waals surface area (Å²) in [5, 5.41) is 3.81. The number of hydrogen-bond donors (Lipinski definition) is 1. The summed E-state index contributed by atoms with van der Waals surface area (Å²) in [6.07, 6.45) is 8.61. The van der Waals surface area contributed by atoms with E-state index in [1.54, 1.807) is 0 Å². The van der Waals surface area contributed by atoms with Gasteiger partial charge in [0.1, 0.15) is 0 Å². The minimum absolute atomic E-state index is 0.417. The lowest BCUT2D eigenvalue weighted by Gasteiger charge is -2.48. The molecule has 1 aliphatic heterocycles. The van der Waals surface area contributed by atoms with Gasteiger partial charge >= 0.3 is 0 Å². The fourth-order valence-corrected chi connectivity index (χ4v) is 4.32. The van der Waals surface area contributed by atoms with E-state index in [1.165, 1.54) is 58.2 Å². The average Bonchev–Trinajstić information content (AvgIpc) is 3.11. The molecule has 3 aliphatic rings. The van der Waals surface area contributed by atoms with Crippen LogP contribution in [-0.4, -0.2) is 36.1 Å². The third kappa shape index (κ3) is 2.60. The number of hydrogen-bond acceptors (Lipinski definition) is 2. The third-order valence-corrected chi connectivity index (χ3v) is 5.63. The van der Waals surface area contributed by atoms with Crippen LogP contribution in [0, 0.1) is 11.3 Å². The second kappa shape index (κ2) is 4.49. The average molecular weight is 250 g/mol. The largest absolute Gasteiger partial charge is 0.309 e. The molecule has 2 saturated carbocycles. The summed E-state index contributed by atoms with van der Waals surface area (Å²) in [5.74, 6) is 0.955. The van der Waals surface area contributed by atoms with Crippen molar-refractivity contribution in [1.82, 2.24) is 10.2 Å². The molecular formula is C16H30N2. The Bertz CT molecular complexity index is 308. The molecule has 104 valence electrons. The normalized spacial score (nSPS) is 41.8. The fourth-order valence-electron chi connectivity index (χ4n) is 4.32. The number of piperazine rings is 1. The van der Waals surface area contributed by atoms with Crippen LogP contribution in [0.2, 0.25) is 0 Å². The van der Waals surface area contributed by atoms with Crippen LogP contribution >= 0.6 is 0 Å². The first-order chi connectivity index (χ1) is 8.49. The summed E-state index contributed by atoms with van der Waals surface area (Å²) in [7, 11) is 0. The molecule has 0 bridgehead atoms. The Labute approximate surface area is 113 Å². The molecule has 0 aromatic heterocycles. The topological polar surface area (TPSA) is 15.3 Å². The van der Waals surface area contributed by atoms with Crippen molar-refractivity contribution in [3.05, 3.63) is 0 Å². The molecule has 0 aromatic rings. The van der Waals surface area contributed by atoms with E-state index in [-0.39, 0.29) is 0 Å². The van der Waals surface area contributed by atoms with Gasteiger partial charge in [-0.05, 0) is 50.4 Å². The molecule has 1 N–H and O–H groups in total. The van der Waals surface area contributed by atoms with Crippen LogP contribution in [0.5, 0.6) is 0 Å². The lowest BCUT2D eigenvalue weighted by Crippen LogP contribution is -2.62. The summed E-state index contributed by atoms with van der Waals surface area (Å²) in [6, 6.07) is 0.855. The molecule has 0 aromatic carbocycles. The Hall–Kier alpha value is -0.0800. The summed E-state index contributed by atoms with van der Waals surface area (Å²) in [5.41, 5.74) is 0.990. The molecule has 0 spiro atoms. The second-order valence-corrected chi connectivity index (χ2v) is 8.00. The molecule has 3 rings (SSSR count). The monoisotopic (exact) mass is 250 g/mol. The van der Waals surface area contributed by atoms with Gasteiger partial charge in [0.05, 0.1) is 0 Å². The summed E-state index contributed by atoms with van der Waals surface area (Å²) < 4.78 is 0. The van der Waals surface area contributed by atoms with Gasteiger partial charge in [-0.2, -0.15) is 0 Å². The molecule has 0 amide bonds. The molecular weight excluding hydrogens is 220 g/mol. The van der Waals surface area contributed by atoms with Crippen LogP contribution in [0.25, 0.3) is 0 Å². The highest BCUT2D eigenvalue weighted by Crippen LogP contribution is 2.43. The summed E-state index contributed by atoms with van der Waals surface area (Å²) in [4.78, 5) is 2.82. The molecule has 18 heavy (non-hydrogen) atoms. The maximum absolute atomic E-state index is 3.81. The van der Waals surface area contributed by atoms with E-state index >= 15 is 0 Å². The lowest BCUT2D eigenvalue weighted by atomic mass is 9.74. The number of nitrogens with zero attached hydrogens (tertiary/aromatic N) is 1. The van der Waals surface area contributed by atoms with Crippen molar-refractivity contribution in [2.75, 3.05) is 19.6 Å². The van der Waals surface area contributed by atoms with Crippen molar-refractivity contribution < 1.29 is 0 Å². The van der Waals surface area contributed by atoms with Crippen LogP contribution < -0.4 is 5.32 Å². The van der Waals surface area contributed by atoms with E-state index in [4.69, 9.17) is 0 Å². The van der Waals surface area contributed by atoms with E-state index in [0.29, 0.717) is 11.0 Å². The van der Waals surface area contributed by atoms with Crippen LogP contribution in [0.3, 0.4) is 0 Å². The highest BCUT2D eigenvalue weighted by molar-refractivity contribution is 5.03. The SMILES string of the molecule is CC1(C)CCCC(N2CCNC(C)(C3CC3)C2)C1. The zero-order valence-electron chi connectivity index (χ0n) is 12.5. The van der Waals surface area contributed by atoms with Crippen molar-refractivity contribution in [2.24, 2.45) is 11.3 Å². The smallest absolute Gasteiger partial charge is 0.0309 e. The Kier molecular flexibility index (Phi) is 3.22. The van der Waals surface area contributed by atoms with E-state index in [9.17, 15) is 0 Å². The van der Waals surface area contributed by atoms with Gasteiger partial charge in [-0.25, -0.2) is 0 Å². The molecule has 1 saturated heterocycles. The maximum Gasteiger partial charge on any atom is 0.0309 e. The van der Waals surface area contributed by atoms with Crippen LogP contribution in [0.4, 0.5) is 0 Å². The standard InChI is InChI=1S/C16H30N2/c1-15(2)8-4-5-14(11-15)18-10-9-17-16(3,12-18)13-6-7-13/h13-14,17H,4-12H2,1-3H3. The van der Waals surface area contributed by atoms with Gasteiger partial charge < -0.3 is 5.32 Å². The van der Waals surface area contributed by atoms with E-state index in [2.05, 4.69) is 31.0 Å². The predicted octanol–water partition coefficient (Wildman–Crippen LogP) is 3.03. The zero-order chi connectivity index (χ0) is 12.8. The van der Waals surface area contributed by atoms with Crippen molar-refractivity contribution in [2.45, 2.75) is 70.9 Å².